The van der Waals surface area contributed by atoms with Crippen molar-refractivity contribution < 1.29 is 16.8 Å². The van der Waals surface area contributed by atoms with Gasteiger partial charge in [-0.3, -0.25) is 0 Å². The molecule has 0 amide bonds. The van der Waals surface area contributed by atoms with E-state index in [1.165, 1.54) is 21.1 Å². The molecule has 0 aliphatic carbocycles. The first-order valence-corrected chi connectivity index (χ1v) is 3.34. The number of nitriles is 2. The number of thiocarbonyl (C=S) groups is 2. The second-order valence-corrected chi connectivity index (χ2v) is 1.10. The molecule has 0 aliphatic heterocycles. The Morgan fingerprint density at radius 1 is 0.923 bits per heavy atom. The van der Waals surface area contributed by atoms with Crippen LogP contribution >= 0.6 is 24.4 Å². The number of isothiocyanates is 2. The van der Waals surface area contributed by atoms with E-state index in [4.69, 9.17) is 21.3 Å². The van der Waals surface area contributed by atoms with E-state index in [1.54, 1.807) is 0 Å². The number of hydrogen-bond acceptors (Lipinski definition) is 6. The molecule has 1 radical (unpaired) electrons. The molecule has 4 nitrogen and oxygen atoms in total. The van der Waals surface area contributed by atoms with Crippen molar-refractivity contribution in [2.75, 3.05) is 0 Å². The van der Waals surface area contributed by atoms with Gasteiger partial charge in [0.05, 0.1) is 0 Å². The summed E-state index contributed by atoms with van der Waals surface area (Å²) in [4.78, 5) is 0. The van der Waals surface area contributed by atoms with E-state index in [0.717, 1.165) is 0 Å². The van der Waals surface area contributed by atoms with Gasteiger partial charge in [-0.2, -0.15) is 10.3 Å². The maximum absolute atomic E-state index is 7.13. The van der Waals surface area contributed by atoms with Gasteiger partial charge < -0.3 is 36.1 Å². The third-order valence-electron chi connectivity index (χ3n) is 0. The summed E-state index contributed by atoms with van der Waals surface area (Å²) in [6, 6.07) is 0. The van der Waals surface area contributed by atoms with Gasteiger partial charge in [-0.15, -0.1) is 0 Å². The van der Waals surface area contributed by atoms with Crippen LogP contribution in [0.4, 0.5) is 0 Å². The van der Waals surface area contributed by atoms with Crippen LogP contribution in [0.3, 0.4) is 0 Å². The molecule has 0 bridgehead atoms. The fourth-order valence-corrected chi connectivity index (χ4v) is 0. The van der Waals surface area contributed by atoms with Crippen molar-refractivity contribution in [2.24, 2.45) is 0 Å². The standard InChI is InChI=1S/2CHNS.2CNS.Co/c4*2-1-3;/h2*3H;;;/q;;2*-1;+2/p-2. The quantitative estimate of drug-likeness (QED) is 0.289. The first-order chi connectivity index (χ1) is 5.66. The van der Waals surface area contributed by atoms with E-state index in [1.807, 2.05) is 0 Å². The van der Waals surface area contributed by atoms with Gasteiger partial charge >= 0.3 is 16.8 Å². The predicted octanol–water partition coefficient (Wildman–Crippen LogP) is 1.34. The van der Waals surface area contributed by atoms with Crippen LogP contribution in [0.15, 0.2) is 0 Å². The Kier molecular flexibility index (Phi) is 232. The van der Waals surface area contributed by atoms with Crippen molar-refractivity contribution in [3.8, 4) is 10.8 Å². The van der Waals surface area contributed by atoms with Crippen LogP contribution in [0.2, 0.25) is 0 Å². The molecule has 0 heterocycles. The fraction of sp³-hybridized carbons (Fsp3) is 0. The molecule has 0 saturated carbocycles. The predicted molar refractivity (Wildman–Crippen MR) is 57.9 cm³/mol. The van der Waals surface area contributed by atoms with Crippen LogP contribution in [0, 0.1) is 21.3 Å². The van der Waals surface area contributed by atoms with Gasteiger partial charge in [0.1, 0.15) is 0 Å². The first-order valence-electron chi connectivity index (χ1n) is 1.71. The summed E-state index contributed by atoms with van der Waals surface area (Å²) < 4.78 is 0. The zero-order valence-corrected chi connectivity index (χ0v) is 10.1. The molecule has 0 spiro atoms. The molecule has 0 N–H and O–H groups in total. The van der Waals surface area contributed by atoms with E-state index in [2.05, 4.69) is 49.7 Å². The Labute approximate surface area is 108 Å². The van der Waals surface area contributed by atoms with Gasteiger partial charge in [-0.05, 0) is 0 Å². The molecule has 0 fully saturated rings. The Morgan fingerprint density at radius 3 is 0.923 bits per heavy atom. The fourth-order valence-electron chi connectivity index (χ4n) is 0. The maximum Gasteiger partial charge on any atom is 2.00 e. The van der Waals surface area contributed by atoms with Crippen molar-refractivity contribution in [3.63, 3.8) is 0 Å². The zero-order valence-electron chi connectivity index (χ0n) is 5.76. The van der Waals surface area contributed by atoms with Gasteiger partial charge in [-0.25, -0.2) is 10.5 Å². The van der Waals surface area contributed by atoms with Crippen molar-refractivity contribution in [1.82, 2.24) is 0 Å². The van der Waals surface area contributed by atoms with E-state index in [0.29, 0.717) is 0 Å². The zero-order chi connectivity index (χ0) is 10.8. The summed E-state index contributed by atoms with van der Waals surface area (Å²) in [5.41, 5.74) is 0. The molecule has 0 aromatic carbocycles. The summed E-state index contributed by atoms with van der Waals surface area (Å²) >= 11 is 14.8. The summed E-state index contributed by atoms with van der Waals surface area (Å²) in [5.74, 6) is 0. The Balaban J connectivity index is -0.0000000213. The Hall–Kier alpha value is -0.474. The summed E-state index contributed by atoms with van der Waals surface area (Å²) in [6.45, 7) is 0. The number of hydrogen-bond donors (Lipinski definition) is 0. The van der Waals surface area contributed by atoms with Crippen LogP contribution in [0.5, 0.6) is 0 Å². The maximum atomic E-state index is 7.13. The SMILES string of the molecule is N#C[S-].N#C[S-].[Co+2].[N-]=C=S.[N-]=C=S. The second-order valence-electron chi connectivity index (χ2n) is 0.365. The van der Waals surface area contributed by atoms with Crippen LogP contribution in [0.25, 0.3) is 10.8 Å². The minimum absolute atomic E-state index is 0. The second kappa shape index (κ2) is 103. The van der Waals surface area contributed by atoms with E-state index in [9.17, 15) is 0 Å². The summed E-state index contributed by atoms with van der Waals surface area (Å²) in [5, 5.41) is 33.9. The Bertz CT molecular complexity index is 181. The summed E-state index contributed by atoms with van der Waals surface area (Å²) in [6.07, 6.45) is 0. The molecule has 0 atom stereocenters. The van der Waals surface area contributed by atoms with Crippen LogP contribution in [-0.2, 0) is 42.0 Å². The minimum Gasteiger partial charge on any atom is -0.753 e. The molecule has 0 saturated heterocycles. The average molecular weight is 291 g/mol. The topological polar surface area (TPSA) is 92.2 Å². The number of thiocyanates is 2. The first kappa shape index (κ1) is 29.4. The van der Waals surface area contributed by atoms with Crippen molar-refractivity contribution in [3.05, 3.63) is 10.8 Å². The molecule has 71 valence electrons. The van der Waals surface area contributed by atoms with Crippen molar-refractivity contribution in [2.45, 2.75) is 0 Å². The van der Waals surface area contributed by atoms with Crippen molar-refractivity contribution in [1.29, 1.82) is 10.5 Å². The minimum atomic E-state index is 0. The smallest absolute Gasteiger partial charge is 0.753 e. The molecule has 0 unspecified atom stereocenters. The van der Waals surface area contributed by atoms with Crippen molar-refractivity contribution >= 4 is 60.0 Å². The van der Waals surface area contributed by atoms with Crippen LogP contribution < -0.4 is 0 Å². The van der Waals surface area contributed by atoms with Gasteiger partial charge in [-0.1, -0.05) is 35.2 Å². The molecule has 0 rings (SSSR count). The van der Waals surface area contributed by atoms with Crippen LogP contribution in [0.1, 0.15) is 0 Å². The van der Waals surface area contributed by atoms with Gasteiger partial charge in [0.2, 0.25) is 0 Å². The monoisotopic (exact) mass is 291 g/mol. The van der Waals surface area contributed by atoms with Gasteiger partial charge in [0.15, 0.2) is 0 Å². The normalized spacial score (nSPS) is 2.31. The largest absolute Gasteiger partial charge is 2.00 e. The van der Waals surface area contributed by atoms with E-state index < -0.39 is 0 Å². The molecular formula is C4CoN4S4-2. The molecule has 0 aliphatic rings. The molecule has 13 heavy (non-hydrogen) atoms. The molecule has 9 heteroatoms. The van der Waals surface area contributed by atoms with E-state index in [-0.39, 0.29) is 16.8 Å². The molecular weight excluding hydrogens is 291 g/mol. The molecule has 0 aromatic rings. The third-order valence-corrected chi connectivity index (χ3v) is 0. The van der Waals surface area contributed by atoms with Gasteiger partial charge in [0, 0.05) is 0 Å². The van der Waals surface area contributed by atoms with Crippen LogP contribution in [-0.4, -0.2) is 10.3 Å². The van der Waals surface area contributed by atoms with E-state index >= 15 is 0 Å². The van der Waals surface area contributed by atoms with Gasteiger partial charge in [0.25, 0.3) is 0 Å². The summed E-state index contributed by atoms with van der Waals surface area (Å²) in [7, 11) is 0. The molecule has 0 aromatic heterocycles. The average Bonchev–Trinajstić information content (AvgIpc) is 1.92. The third kappa shape index (κ3) is 4670. The Morgan fingerprint density at radius 2 is 0.923 bits per heavy atom. The number of nitrogens with zero attached hydrogens (tertiary/aromatic N) is 4. The number of rotatable bonds is 0.